The van der Waals surface area contributed by atoms with Gasteiger partial charge in [-0.2, -0.15) is 0 Å². The molecule has 0 saturated carbocycles. The zero-order valence-electron chi connectivity index (χ0n) is 16.2. The van der Waals surface area contributed by atoms with Gasteiger partial charge in [-0.1, -0.05) is 65.2 Å². The summed E-state index contributed by atoms with van der Waals surface area (Å²) in [6.07, 6.45) is 0. The molecule has 0 unspecified atom stereocenters. The average molecular weight is 430 g/mol. The molecular weight excluding hydrogens is 409 g/mol. The predicted molar refractivity (Wildman–Crippen MR) is 118 cm³/mol. The first-order valence-electron chi connectivity index (χ1n) is 9.18. The summed E-state index contributed by atoms with van der Waals surface area (Å²) >= 11 is 12.5. The maximum absolute atomic E-state index is 12.7. The standard InChI is InChI=1S/C23H21Cl2NO3/c1-3-28-21-13-17(23(27)26-20-7-5-4-6-18(20)24)12-19(25)22(21)29-14-16-10-8-15(2)9-11-16/h4-13H,3,14H2,1-2H3,(H,26,27). The molecule has 1 N–H and O–H groups in total. The molecule has 150 valence electrons. The van der Waals surface area contributed by atoms with Gasteiger partial charge in [0, 0.05) is 5.56 Å². The van der Waals surface area contributed by atoms with Crippen LogP contribution in [0.5, 0.6) is 11.5 Å². The van der Waals surface area contributed by atoms with Crippen molar-refractivity contribution in [3.63, 3.8) is 0 Å². The van der Waals surface area contributed by atoms with Crippen LogP contribution in [0.4, 0.5) is 5.69 Å². The van der Waals surface area contributed by atoms with Gasteiger partial charge in [0.05, 0.1) is 22.3 Å². The third-order valence-electron chi connectivity index (χ3n) is 4.20. The molecule has 0 spiro atoms. The fraction of sp³-hybridized carbons (Fsp3) is 0.174. The van der Waals surface area contributed by atoms with Crippen molar-refractivity contribution in [2.75, 3.05) is 11.9 Å². The molecule has 0 aliphatic carbocycles. The molecule has 0 heterocycles. The Morgan fingerprint density at radius 1 is 0.966 bits per heavy atom. The second-order valence-corrected chi connectivity index (χ2v) is 7.24. The Bertz CT molecular complexity index is 1000. The summed E-state index contributed by atoms with van der Waals surface area (Å²) in [5.41, 5.74) is 3.05. The number of halogens is 2. The number of amides is 1. The number of nitrogens with one attached hydrogen (secondary N) is 1. The van der Waals surface area contributed by atoms with Crippen LogP contribution in [0.2, 0.25) is 10.0 Å². The van der Waals surface area contributed by atoms with E-state index in [4.69, 9.17) is 32.7 Å². The molecule has 1 amide bonds. The zero-order valence-corrected chi connectivity index (χ0v) is 17.7. The van der Waals surface area contributed by atoms with Gasteiger partial charge in [0.25, 0.3) is 5.91 Å². The highest BCUT2D eigenvalue weighted by atomic mass is 35.5. The summed E-state index contributed by atoms with van der Waals surface area (Å²) in [5.74, 6) is 0.478. The zero-order chi connectivity index (χ0) is 20.8. The molecule has 29 heavy (non-hydrogen) atoms. The van der Waals surface area contributed by atoms with Crippen molar-refractivity contribution in [1.82, 2.24) is 0 Å². The maximum atomic E-state index is 12.7. The fourth-order valence-corrected chi connectivity index (χ4v) is 3.15. The van der Waals surface area contributed by atoms with E-state index in [1.165, 1.54) is 5.56 Å². The lowest BCUT2D eigenvalue weighted by Gasteiger charge is -2.15. The Labute approximate surface area is 180 Å². The van der Waals surface area contributed by atoms with Crippen LogP contribution in [-0.2, 0) is 6.61 Å². The van der Waals surface area contributed by atoms with Crippen LogP contribution >= 0.6 is 23.2 Å². The molecule has 3 aromatic rings. The second-order valence-electron chi connectivity index (χ2n) is 6.43. The summed E-state index contributed by atoms with van der Waals surface area (Å²) < 4.78 is 11.6. The van der Waals surface area contributed by atoms with Crippen LogP contribution in [0, 0.1) is 6.92 Å². The SMILES string of the molecule is CCOc1cc(C(=O)Nc2ccccc2Cl)cc(Cl)c1OCc1ccc(C)cc1. The van der Waals surface area contributed by atoms with E-state index in [2.05, 4.69) is 5.32 Å². The highest BCUT2D eigenvalue weighted by Gasteiger charge is 2.17. The molecule has 0 radical (unpaired) electrons. The van der Waals surface area contributed by atoms with Gasteiger partial charge in [-0.15, -0.1) is 0 Å². The second kappa shape index (κ2) is 9.68. The van der Waals surface area contributed by atoms with Gasteiger partial charge < -0.3 is 14.8 Å². The largest absolute Gasteiger partial charge is 0.490 e. The number of rotatable bonds is 7. The molecular formula is C23H21Cl2NO3. The van der Waals surface area contributed by atoms with Crippen molar-refractivity contribution in [3.05, 3.63) is 87.4 Å². The molecule has 3 aromatic carbocycles. The summed E-state index contributed by atoms with van der Waals surface area (Å²) in [4.78, 5) is 12.7. The van der Waals surface area contributed by atoms with Crippen LogP contribution in [0.15, 0.2) is 60.7 Å². The van der Waals surface area contributed by atoms with E-state index in [1.54, 1.807) is 36.4 Å². The molecule has 6 heteroatoms. The molecule has 3 rings (SSSR count). The van der Waals surface area contributed by atoms with Gasteiger partial charge in [-0.25, -0.2) is 0 Å². The first kappa shape index (κ1) is 21.0. The average Bonchev–Trinajstić information content (AvgIpc) is 2.70. The monoisotopic (exact) mass is 429 g/mol. The number of aryl methyl sites for hydroxylation is 1. The molecule has 0 aromatic heterocycles. The molecule has 0 atom stereocenters. The van der Waals surface area contributed by atoms with Gasteiger partial charge >= 0.3 is 0 Å². The lowest BCUT2D eigenvalue weighted by atomic mass is 10.1. The molecule has 0 aliphatic heterocycles. The van der Waals surface area contributed by atoms with Gasteiger partial charge in [0.2, 0.25) is 0 Å². The van der Waals surface area contributed by atoms with E-state index in [0.717, 1.165) is 5.56 Å². The highest BCUT2D eigenvalue weighted by Crippen LogP contribution is 2.37. The molecule has 4 nitrogen and oxygen atoms in total. The van der Waals surface area contributed by atoms with Gasteiger partial charge in [-0.3, -0.25) is 4.79 Å². The van der Waals surface area contributed by atoms with Crippen molar-refractivity contribution >= 4 is 34.8 Å². The minimum atomic E-state index is -0.342. The van der Waals surface area contributed by atoms with Crippen molar-refractivity contribution in [2.45, 2.75) is 20.5 Å². The molecule has 0 bridgehead atoms. The van der Waals surface area contributed by atoms with Crippen molar-refractivity contribution in [1.29, 1.82) is 0 Å². The molecule has 0 fully saturated rings. The van der Waals surface area contributed by atoms with E-state index in [0.29, 0.717) is 46.0 Å². The number of benzene rings is 3. The normalized spacial score (nSPS) is 10.5. The van der Waals surface area contributed by atoms with Crippen LogP contribution in [0.3, 0.4) is 0 Å². The van der Waals surface area contributed by atoms with Crippen LogP contribution in [0.25, 0.3) is 0 Å². The summed E-state index contributed by atoms with van der Waals surface area (Å²) in [5, 5.41) is 3.53. The summed E-state index contributed by atoms with van der Waals surface area (Å²) in [7, 11) is 0. The number of carbonyl (C=O) groups excluding carboxylic acids is 1. The Morgan fingerprint density at radius 2 is 1.69 bits per heavy atom. The number of carbonyl (C=O) groups is 1. The number of para-hydroxylation sites is 1. The first-order valence-corrected chi connectivity index (χ1v) is 9.94. The topological polar surface area (TPSA) is 47.6 Å². The third kappa shape index (κ3) is 5.43. The maximum Gasteiger partial charge on any atom is 0.255 e. The van der Waals surface area contributed by atoms with Gasteiger partial charge in [0.15, 0.2) is 11.5 Å². The Morgan fingerprint density at radius 3 is 2.38 bits per heavy atom. The van der Waals surface area contributed by atoms with Crippen LogP contribution in [0.1, 0.15) is 28.4 Å². The Kier molecular flexibility index (Phi) is 7.02. The van der Waals surface area contributed by atoms with E-state index < -0.39 is 0 Å². The summed E-state index contributed by atoms with van der Waals surface area (Å²) in [6.45, 7) is 4.63. The quantitative estimate of drug-likeness (QED) is 0.464. The minimum Gasteiger partial charge on any atom is -0.490 e. The number of hydrogen-bond acceptors (Lipinski definition) is 3. The lowest BCUT2D eigenvalue weighted by molar-refractivity contribution is 0.102. The number of anilines is 1. The van der Waals surface area contributed by atoms with E-state index in [1.807, 2.05) is 38.1 Å². The minimum absolute atomic E-state index is 0.298. The van der Waals surface area contributed by atoms with E-state index in [-0.39, 0.29) is 5.91 Å². The van der Waals surface area contributed by atoms with Gasteiger partial charge in [-0.05, 0) is 43.7 Å². The lowest BCUT2D eigenvalue weighted by Crippen LogP contribution is -2.13. The summed E-state index contributed by atoms with van der Waals surface area (Å²) in [6, 6.07) is 18.2. The Hall–Kier alpha value is -2.69. The van der Waals surface area contributed by atoms with Crippen molar-refractivity contribution in [2.24, 2.45) is 0 Å². The van der Waals surface area contributed by atoms with E-state index in [9.17, 15) is 4.79 Å². The highest BCUT2D eigenvalue weighted by molar-refractivity contribution is 6.34. The molecule has 0 saturated heterocycles. The van der Waals surface area contributed by atoms with Crippen molar-refractivity contribution < 1.29 is 14.3 Å². The first-order chi connectivity index (χ1) is 14.0. The number of hydrogen-bond donors (Lipinski definition) is 1. The smallest absolute Gasteiger partial charge is 0.255 e. The Balaban J connectivity index is 1.82. The fourth-order valence-electron chi connectivity index (χ4n) is 2.70. The van der Waals surface area contributed by atoms with E-state index >= 15 is 0 Å². The van der Waals surface area contributed by atoms with Crippen LogP contribution < -0.4 is 14.8 Å². The predicted octanol–water partition coefficient (Wildman–Crippen LogP) is 6.53. The van der Waals surface area contributed by atoms with Crippen molar-refractivity contribution in [3.8, 4) is 11.5 Å². The molecule has 0 aliphatic rings. The van der Waals surface area contributed by atoms with Crippen LogP contribution in [-0.4, -0.2) is 12.5 Å². The van der Waals surface area contributed by atoms with Gasteiger partial charge in [0.1, 0.15) is 6.61 Å². The third-order valence-corrected chi connectivity index (χ3v) is 4.81. The number of ether oxygens (including phenoxy) is 2.